The van der Waals surface area contributed by atoms with Gasteiger partial charge in [0.05, 0.1) is 0 Å². The van der Waals surface area contributed by atoms with E-state index in [1.54, 1.807) is 0 Å². The topological polar surface area (TPSA) is 39.3 Å². The summed E-state index contributed by atoms with van der Waals surface area (Å²) in [6.45, 7) is 9.53. The monoisotopic (exact) mass is 428 g/mol. The van der Waals surface area contributed by atoms with E-state index in [-0.39, 0.29) is 37.2 Å². The van der Waals surface area contributed by atoms with Gasteiger partial charge in [0.1, 0.15) is 0 Å². The van der Waals surface area contributed by atoms with Crippen molar-refractivity contribution in [3.05, 3.63) is 0 Å². The van der Waals surface area contributed by atoms with Crippen LogP contribution in [0.3, 0.4) is 0 Å². The summed E-state index contributed by atoms with van der Waals surface area (Å²) in [5.74, 6) is 0. The Morgan fingerprint density at radius 3 is 1.17 bits per heavy atom. The third-order valence-electron chi connectivity index (χ3n) is 3.93. The summed E-state index contributed by atoms with van der Waals surface area (Å²) in [6, 6.07) is 0. The molecule has 1 aliphatic heterocycles. The summed E-state index contributed by atoms with van der Waals surface area (Å²) in [5.41, 5.74) is 0. The maximum atomic E-state index is 3.58. The van der Waals surface area contributed by atoms with Gasteiger partial charge < -0.3 is 0 Å². The first-order valence-corrected chi connectivity index (χ1v) is 13.9. The van der Waals surface area contributed by atoms with Crippen LogP contribution in [0.1, 0.15) is 25.7 Å². The van der Waals surface area contributed by atoms with Crippen molar-refractivity contribution in [2.24, 2.45) is 0 Å². The molecule has 23 heavy (non-hydrogen) atoms. The predicted molar refractivity (Wildman–Crippen MR) is 108 cm³/mol. The normalized spacial score (nSPS) is 20.5. The molecule has 1 fully saturated rings. The fraction of sp³-hybridized carbons (Fsp3) is 1.00. The predicted octanol–water partition coefficient (Wildman–Crippen LogP) is 3.11. The number of hydrogen-bond donors (Lipinski definition) is 3. The molecule has 0 atom stereocenters. The van der Waals surface area contributed by atoms with Gasteiger partial charge in [0.25, 0.3) is 0 Å². The Hall–Kier alpha value is 1.42. The molecule has 0 aromatic rings. The fourth-order valence-electron chi connectivity index (χ4n) is 2.62. The van der Waals surface area contributed by atoms with Crippen LogP contribution in [0.5, 0.6) is 0 Å². The molecule has 0 amide bonds. The Morgan fingerprint density at radius 2 is 0.870 bits per heavy atom. The van der Waals surface area contributed by atoms with E-state index in [1.807, 2.05) is 0 Å². The molecule has 1 aliphatic rings. The number of hydrogen-bond acceptors (Lipinski definition) is 4. The Morgan fingerprint density at radius 1 is 0.565 bits per heavy atom. The molecule has 1 saturated heterocycles. The molecular weight excluding hydrogens is 390 g/mol. The molecule has 8 heteroatoms. The van der Waals surface area contributed by atoms with Crippen molar-refractivity contribution in [3.63, 3.8) is 0 Å². The standard InChI is InChI=1S/C12H27N4.3CH3.3ClH.Ti/c1-5-13-7-2-9-15-11-4-12-16-10-3-8-14-6-1;;;;;;;/h13-15H,1-12H2;3*1H3;3*1H;/q-1;;;;;;;+1. The van der Waals surface area contributed by atoms with Crippen LogP contribution in [-0.4, -0.2) is 55.7 Å². The van der Waals surface area contributed by atoms with E-state index in [0.29, 0.717) is 0 Å². The van der Waals surface area contributed by atoms with E-state index in [4.69, 9.17) is 0 Å². The van der Waals surface area contributed by atoms with Crippen LogP contribution in [0.2, 0.25) is 15.7 Å². The van der Waals surface area contributed by atoms with Crippen LogP contribution in [0.25, 0.3) is 0 Å². The molecule has 0 aliphatic carbocycles. The summed E-state index contributed by atoms with van der Waals surface area (Å²) >= 11 is -1.66. The zero-order valence-corrected chi connectivity index (χ0v) is 19.2. The van der Waals surface area contributed by atoms with E-state index in [1.165, 1.54) is 51.9 Å². The van der Waals surface area contributed by atoms with Gasteiger partial charge in [0, 0.05) is 0 Å². The summed E-state index contributed by atoms with van der Waals surface area (Å²) in [5, 5.41) is 18.2. The molecule has 0 unspecified atom stereocenters. The van der Waals surface area contributed by atoms with Crippen LogP contribution >= 0.6 is 37.2 Å². The molecule has 1 rings (SSSR count). The number of halogens is 3. The second kappa shape index (κ2) is 18.2. The van der Waals surface area contributed by atoms with Gasteiger partial charge in [-0.2, -0.15) is 0 Å². The number of nitrogens with one attached hydrogen (secondary N) is 3. The zero-order valence-electron chi connectivity index (χ0n) is 15.2. The number of nitrogens with zero attached hydrogens (tertiary/aromatic N) is 1. The van der Waals surface area contributed by atoms with Crippen molar-refractivity contribution in [2.75, 3.05) is 52.4 Å². The average molecular weight is 430 g/mol. The van der Waals surface area contributed by atoms with E-state index >= 15 is 0 Å². The van der Waals surface area contributed by atoms with Crippen molar-refractivity contribution in [3.8, 4) is 0 Å². The molecule has 0 aromatic carbocycles. The van der Waals surface area contributed by atoms with Crippen LogP contribution < -0.4 is 16.0 Å². The Kier molecular flexibility index (Phi) is 23.1. The molecule has 0 aromatic heterocycles. The summed E-state index contributed by atoms with van der Waals surface area (Å²) in [4.78, 5) is 0. The molecule has 0 bridgehead atoms. The summed E-state index contributed by atoms with van der Waals surface area (Å²) in [6.07, 6.45) is 5.08. The van der Waals surface area contributed by atoms with Gasteiger partial charge >= 0.3 is 130 Å². The van der Waals surface area contributed by atoms with Crippen LogP contribution in [0, 0.1) is 0 Å². The third kappa shape index (κ3) is 16.6. The third-order valence-corrected chi connectivity index (χ3v) is 7.59. The second-order valence-electron chi connectivity index (χ2n) is 6.82. The zero-order chi connectivity index (χ0) is 14.7. The van der Waals surface area contributed by atoms with Gasteiger partial charge in [-0.15, -0.1) is 37.2 Å². The summed E-state index contributed by atoms with van der Waals surface area (Å²) in [7, 11) is 0. The van der Waals surface area contributed by atoms with Crippen molar-refractivity contribution >= 4 is 37.2 Å². The number of rotatable bonds is 1. The Balaban J connectivity index is -0.00000133. The van der Waals surface area contributed by atoms with Gasteiger partial charge in [0.15, 0.2) is 0 Å². The van der Waals surface area contributed by atoms with Crippen molar-refractivity contribution in [2.45, 2.75) is 41.4 Å². The molecule has 1 heterocycles. The first-order chi connectivity index (χ1) is 9.61. The van der Waals surface area contributed by atoms with Crippen LogP contribution in [-0.2, 0) is 16.8 Å². The van der Waals surface area contributed by atoms with Crippen LogP contribution in [0.15, 0.2) is 0 Å². The first-order valence-electron chi connectivity index (χ1n) is 8.48. The minimum atomic E-state index is -1.66. The second-order valence-corrected chi connectivity index (χ2v) is 14.6. The van der Waals surface area contributed by atoms with E-state index in [9.17, 15) is 0 Å². The van der Waals surface area contributed by atoms with Gasteiger partial charge in [-0.1, -0.05) is 0 Å². The van der Waals surface area contributed by atoms with E-state index < -0.39 is 16.8 Å². The quantitative estimate of drug-likeness (QED) is 0.560. The van der Waals surface area contributed by atoms with Gasteiger partial charge in [-0.3, -0.25) is 0 Å². The Bertz CT molecular complexity index is 227. The van der Waals surface area contributed by atoms with Crippen molar-refractivity contribution < 1.29 is 16.8 Å². The van der Waals surface area contributed by atoms with Crippen molar-refractivity contribution in [1.82, 2.24) is 19.3 Å². The fourth-order valence-corrected chi connectivity index (χ4v) is 5.21. The molecule has 0 saturated carbocycles. The van der Waals surface area contributed by atoms with Crippen LogP contribution in [0.4, 0.5) is 0 Å². The molecular formula is C15H39Cl3N4Ti. The minimum absolute atomic E-state index is 0. The van der Waals surface area contributed by atoms with Gasteiger partial charge in [-0.05, 0) is 0 Å². The van der Waals surface area contributed by atoms with Gasteiger partial charge in [0.2, 0.25) is 0 Å². The molecule has 144 valence electrons. The van der Waals surface area contributed by atoms with E-state index in [2.05, 4.69) is 35.0 Å². The molecule has 3 N–H and O–H groups in total. The first kappa shape index (κ1) is 29.2. The van der Waals surface area contributed by atoms with Crippen molar-refractivity contribution in [1.29, 1.82) is 0 Å². The van der Waals surface area contributed by atoms with Gasteiger partial charge in [-0.25, -0.2) is 0 Å². The molecule has 0 radical (unpaired) electrons. The SMILES string of the molecule is Cl.Cl.Cl.[CH3][Ti]([CH3])([CH3])[N]1CCCNCCCNCCCNCCC1. The molecule has 0 spiro atoms. The molecule has 4 nitrogen and oxygen atoms in total. The Labute approximate surface area is 166 Å². The van der Waals surface area contributed by atoms with E-state index in [0.717, 1.165) is 26.2 Å². The average Bonchev–Trinajstić information content (AvgIpc) is 2.37. The summed E-state index contributed by atoms with van der Waals surface area (Å²) < 4.78 is 2.82. The maximum absolute atomic E-state index is 3.58.